The van der Waals surface area contributed by atoms with Gasteiger partial charge in [-0.05, 0) is 24.6 Å². The predicted octanol–water partition coefficient (Wildman–Crippen LogP) is 3.19. The lowest BCUT2D eigenvalue weighted by molar-refractivity contribution is -0.145. The van der Waals surface area contributed by atoms with Crippen molar-refractivity contribution in [1.29, 1.82) is 0 Å². The first kappa shape index (κ1) is 13.1. The molecule has 3 heteroatoms. The zero-order valence-corrected chi connectivity index (χ0v) is 11.1. The Kier molecular flexibility index (Phi) is 3.85. The van der Waals surface area contributed by atoms with Crippen LogP contribution in [-0.4, -0.2) is 13.1 Å². The van der Waals surface area contributed by atoms with Gasteiger partial charge in [-0.25, -0.2) is 4.79 Å². The number of ether oxygens (including phenoxy) is 1. The van der Waals surface area contributed by atoms with Crippen molar-refractivity contribution in [3.05, 3.63) is 66.2 Å². The molecule has 0 aliphatic heterocycles. The molecule has 0 aromatic heterocycles. The van der Waals surface area contributed by atoms with Gasteiger partial charge in [0.25, 0.3) is 0 Å². The van der Waals surface area contributed by atoms with E-state index < -0.39 is 5.54 Å². The van der Waals surface area contributed by atoms with Gasteiger partial charge < -0.3 is 10.1 Å². The number of carbonyl (C=O) groups is 1. The van der Waals surface area contributed by atoms with Gasteiger partial charge in [0.1, 0.15) is 0 Å². The fourth-order valence-corrected chi connectivity index (χ4v) is 2.03. The molecule has 0 fully saturated rings. The van der Waals surface area contributed by atoms with Crippen molar-refractivity contribution in [2.24, 2.45) is 0 Å². The normalized spacial score (nSPS) is 13.4. The number of methoxy groups -OCH3 is 1. The Hall–Kier alpha value is -2.29. The Labute approximate surface area is 113 Å². The molecule has 0 saturated heterocycles. The van der Waals surface area contributed by atoms with Crippen molar-refractivity contribution >= 4 is 11.7 Å². The molecule has 2 aromatic carbocycles. The molecule has 3 nitrogen and oxygen atoms in total. The molecule has 0 aliphatic carbocycles. The molecule has 2 rings (SSSR count). The lowest BCUT2D eigenvalue weighted by atomic mass is 9.91. The molecule has 0 radical (unpaired) electrons. The summed E-state index contributed by atoms with van der Waals surface area (Å²) in [5.74, 6) is -0.317. The van der Waals surface area contributed by atoms with Gasteiger partial charge >= 0.3 is 5.97 Å². The van der Waals surface area contributed by atoms with E-state index in [1.165, 1.54) is 7.11 Å². The summed E-state index contributed by atoms with van der Waals surface area (Å²) in [6.45, 7) is 1.82. The van der Waals surface area contributed by atoms with E-state index in [1.807, 2.05) is 67.6 Å². The van der Waals surface area contributed by atoms with Gasteiger partial charge in [-0.15, -0.1) is 0 Å². The number of esters is 1. The number of nitrogens with one attached hydrogen (secondary N) is 1. The molecule has 0 amide bonds. The Balaban J connectivity index is 2.39. The third-order valence-corrected chi connectivity index (χ3v) is 3.11. The minimum absolute atomic E-state index is 0.317. The van der Waals surface area contributed by atoms with E-state index in [4.69, 9.17) is 4.74 Å². The van der Waals surface area contributed by atoms with E-state index in [-0.39, 0.29) is 5.97 Å². The number of hydrogen-bond acceptors (Lipinski definition) is 3. The quantitative estimate of drug-likeness (QED) is 0.853. The van der Waals surface area contributed by atoms with E-state index in [0.717, 1.165) is 11.3 Å². The summed E-state index contributed by atoms with van der Waals surface area (Å²) in [7, 11) is 1.40. The van der Waals surface area contributed by atoms with Crippen molar-refractivity contribution in [2.45, 2.75) is 12.5 Å². The number of carbonyl (C=O) groups excluding carboxylic acids is 1. The largest absolute Gasteiger partial charge is 0.467 e. The molecule has 98 valence electrons. The Morgan fingerprint density at radius 1 is 1.00 bits per heavy atom. The number of rotatable bonds is 4. The van der Waals surface area contributed by atoms with Crippen molar-refractivity contribution in [3.8, 4) is 0 Å². The number of para-hydroxylation sites is 1. The highest BCUT2D eigenvalue weighted by Gasteiger charge is 2.36. The molecule has 0 bridgehead atoms. The summed E-state index contributed by atoms with van der Waals surface area (Å²) in [4.78, 5) is 12.2. The molecule has 0 spiro atoms. The monoisotopic (exact) mass is 255 g/mol. The summed E-state index contributed by atoms with van der Waals surface area (Å²) in [5.41, 5.74) is 0.835. The lowest BCUT2D eigenvalue weighted by Crippen LogP contribution is -2.41. The van der Waals surface area contributed by atoms with Crippen LogP contribution in [0.25, 0.3) is 0 Å². The average molecular weight is 255 g/mol. The summed E-state index contributed by atoms with van der Waals surface area (Å²) in [5, 5.41) is 3.25. The van der Waals surface area contributed by atoms with Gasteiger partial charge in [0.05, 0.1) is 7.11 Å². The Bertz CT molecular complexity index is 539. The second-order valence-electron chi connectivity index (χ2n) is 4.47. The molecule has 19 heavy (non-hydrogen) atoms. The van der Waals surface area contributed by atoms with Crippen molar-refractivity contribution in [1.82, 2.24) is 0 Å². The van der Waals surface area contributed by atoms with Gasteiger partial charge in [0.2, 0.25) is 0 Å². The van der Waals surface area contributed by atoms with Gasteiger partial charge in [0, 0.05) is 5.69 Å². The van der Waals surface area contributed by atoms with Crippen molar-refractivity contribution in [3.63, 3.8) is 0 Å². The second-order valence-corrected chi connectivity index (χ2v) is 4.47. The maximum absolute atomic E-state index is 12.2. The van der Waals surface area contributed by atoms with E-state index in [2.05, 4.69) is 5.32 Å². The Morgan fingerprint density at radius 2 is 1.53 bits per heavy atom. The predicted molar refractivity (Wildman–Crippen MR) is 75.9 cm³/mol. The first-order valence-electron chi connectivity index (χ1n) is 6.14. The van der Waals surface area contributed by atoms with Crippen LogP contribution < -0.4 is 5.32 Å². The van der Waals surface area contributed by atoms with E-state index >= 15 is 0 Å². The average Bonchev–Trinajstić information content (AvgIpc) is 2.48. The summed E-state index contributed by atoms with van der Waals surface area (Å²) in [6, 6.07) is 19.2. The van der Waals surface area contributed by atoms with Crippen LogP contribution in [0.2, 0.25) is 0 Å². The van der Waals surface area contributed by atoms with Gasteiger partial charge in [0.15, 0.2) is 5.54 Å². The molecular formula is C16H17NO2. The van der Waals surface area contributed by atoms with E-state index in [1.54, 1.807) is 0 Å². The molecule has 1 atom stereocenters. The summed E-state index contributed by atoms with van der Waals surface area (Å²) >= 11 is 0. The van der Waals surface area contributed by atoms with Gasteiger partial charge in [-0.2, -0.15) is 0 Å². The van der Waals surface area contributed by atoms with Crippen LogP contribution in [0, 0.1) is 0 Å². The zero-order valence-electron chi connectivity index (χ0n) is 11.1. The number of anilines is 1. The maximum Gasteiger partial charge on any atom is 0.335 e. The zero-order chi connectivity index (χ0) is 13.7. The van der Waals surface area contributed by atoms with E-state index in [0.29, 0.717) is 0 Å². The highest BCUT2D eigenvalue weighted by molar-refractivity contribution is 5.85. The highest BCUT2D eigenvalue weighted by atomic mass is 16.5. The molecule has 0 aliphatic rings. The summed E-state index contributed by atoms with van der Waals surface area (Å²) < 4.78 is 4.94. The van der Waals surface area contributed by atoms with Gasteiger partial charge in [-0.1, -0.05) is 48.5 Å². The van der Waals surface area contributed by atoms with Crippen LogP contribution >= 0.6 is 0 Å². The third-order valence-electron chi connectivity index (χ3n) is 3.11. The van der Waals surface area contributed by atoms with Gasteiger partial charge in [-0.3, -0.25) is 0 Å². The molecule has 1 unspecified atom stereocenters. The van der Waals surface area contributed by atoms with Crippen LogP contribution in [0.4, 0.5) is 5.69 Å². The third kappa shape index (κ3) is 2.76. The van der Waals surface area contributed by atoms with E-state index in [9.17, 15) is 4.79 Å². The van der Waals surface area contributed by atoms with Crippen molar-refractivity contribution in [2.75, 3.05) is 12.4 Å². The van der Waals surface area contributed by atoms with Crippen molar-refractivity contribution < 1.29 is 9.53 Å². The van der Waals surface area contributed by atoms with Crippen LogP contribution in [0.15, 0.2) is 60.7 Å². The van der Waals surface area contributed by atoms with Crippen LogP contribution in [0.3, 0.4) is 0 Å². The molecular weight excluding hydrogens is 238 g/mol. The minimum Gasteiger partial charge on any atom is -0.467 e. The SMILES string of the molecule is COC(=O)C(C)(Nc1ccccc1)c1ccccc1. The number of benzene rings is 2. The Morgan fingerprint density at radius 3 is 2.05 bits per heavy atom. The standard InChI is InChI=1S/C16H17NO2/c1-16(15(18)19-2,13-9-5-3-6-10-13)17-14-11-7-4-8-12-14/h3-12,17H,1-2H3. The molecule has 0 saturated carbocycles. The fourth-order valence-electron chi connectivity index (χ4n) is 2.03. The number of hydrogen-bond donors (Lipinski definition) is 1. The summed E-state index contributed by atoms with van der Waals surface area (Å²) in [6.07, 6.45) is 0. The minimum atomic E-state index is -0.905. The maximum atomic E-state index is 12.2. The molecule has 2 aromatic rings. The second kappa shape index (κ2) is 5.57. The molecule has 0 heterocycles. The lowest BCUT2D eigenvalue weighted by Gasteiger charge is -2.29. The van der Waals surface area contributed by atoms with Crippen LogP contribution in [-0.2, 0) is 15.1 Å². The highest BCUT2D eigenvalue weighted by Crippen LogP contribution is 2.27. The topological polar surface area (TPSA) is 38.3 Å². The van der Waals surface area contributed by atoms with Crippen LogP contribution in [0.1, 0.15) is 12.5 Å². The first-order valence-corrected chi connectivity index (χ1v) is 6.14. The fraction of sp³-hybridized carbons (Fsp3) is 0.188. The molecule has 1 N–H and O–H groups in total. The first-order chi connectivity index (χ1) is 9.16. The van der Waals surface area contributed by atoms with Crippen LogP contribution in [0.5, 0.6) is 0 Å². The smallest absolute Gasteiger partial charge is 0.335 e.